The number of anilines is 2. The van der Waals surface area contributed by atoms with Crippen molar-refractivity contribution in [3.8, 4) is 0 Å². The molecule has 0 spiro atoms. The Hall–Kier alpha value is -2.67. The Bertz CT molecular complexity index is 797. The minimum atomic E-state index is -0.0536. The van der Waals surface area contributed by atoms with Gasteiger partial charge in [0.05, 0.1) is 18.5 Å². The van der Waals surface area contributed by atoms with Crippen LogP contribution < -0.4 is 10.2 Å². The van der Waals surface area contributed by atoms with Crippen LogP contribution in [-0.2, 0) is 4.74 Å². The molecule has 2 aliphatic rings. The number of ether oxygens (including phenoxy) is 1. The van der Waals surface area contributed by atoms with E-state index in [0.29, 0.717) is 24.6 Å². The number of nitrogens with zero attached hydrogens (tertiary/aromatic N) is 4. The van der Waals surface area contributed by atoms with Crippen LogP contribution in [0.4, 0.5) is 11.5 Å². The normalized spacial score (nSPS) is 19.7. The number of hydrogen-bond donors (Lipinski definition) is 1. The van der Waals surface area contributed by atoms with E-state index in [0.717, 1.165) is 39.1 Å². The summed E-state index contributed by atoms with van der Waals surface area (Å²) in [4.78, 5) is 25.6. The predicted molar refractivity (Wildman–Crippen MR) is 109 cm³/mol. The molecule has 1 aromatic carbocycles. The first kappa shape index (κ1) is 18.7. The van der Waals surface area contributed by atoms with Crippen molar-refractivity contribution in [3.05, 3.63) is 47.9 Å². The van der Waals surface area contributed by atoms with Gasteiger partial charge in [0, 0.05) is 45.0 Å². The first-order valence-corrected chi connectivity index (χ1v) is 9.97. The number of rotatable bonds is 5. The highest BCUT2D eigenvalue weighted by Crippen LogP contribution is 2.18. The maximum Gasteiger partial charge on any atom is 0.274 e. The first-order valence-electron chi connectivity index (χ1n) is 9.97. The second kappa shape index (κ2) is 8.56. The van der Waals surface area contributed by atoms with E-state index in [9.17, 15) is 4.79 Å². The number of amides is 1. The summed E-state index contributed by atoms with van der Waals surface area (Å²) in [5.41, 5.74) is 2.86. The van der Waals surface area contributed by atoms with Crippen LogP contribution in [0.2, 0.25) is 0 Å². The molecule has 3 heterocycles. The van der Waals surface area contributed by atoms with Gasteiger partial charge in [-0.25, -0.2) is 9.97 Å². The topological polar surface area (TPSA) is 70.6 Å². The number of hydrogen-bond acceptors (Lipinski definition) is 6. The number of aryl methyl sites for hydroxylation is 1. The fourth-order valence-corrected chi connectivity index (χ4v) is 3.71. The highest BCUT2D eigenvalue weighted by Gasteiger charge is 2.23. The third-order valence-electron chi connectivity index (χ3n) is 5.34. The second-order valence-corrected chi connectivity index (χ2v) is 7.42. The van der Waals surface area contributed by atoms with Gasteiger partial charge in [-0.3, -0.25) is 4.79 Å². The van der Waals surface area contributed by atoms with Crippen LogP contribution in [-0.4, -0.2) is 66.2 Å². The molecule has 2 aromatic rings. The van der Waals surface area contributed by atoms with E-state index in [4.69, 9.17) is 4.74 Å². The van der Waals surface area contributed by atoms with Crippen LogP contribution in [0.5, 0.6) is 0 Å². The van der Waals surface area contributed by atoms with E-state index < -0.39 is 0 Å². The second-order valence-electron chi connectivity index (χ2n) is 7.42. The SMILES string of the molecule is Cc1cccc(N2CCN(C(=O)c3cnc(NCC4CCCO4)cn3)CC2)c1. The van der Waals surface area contributed by atoms with Gasteiger partial charge < -0.3 is 19.9 Å². The molecule has 1 unspecified atom stereocenters. The van der Waals surface area contributed by atoms with E-state index in [1.54, 1.807) is 12.4 Å². The molecule has 0 radical (unpaired) electrons. The zero-order valence-corrected chi connectivity index (χ0v) is 16.3. The van der Waals surface area contributed by atoms with Crippen molar-refractivity contribution in [2.24, 2.45) is 0 Å². The predicted octanol–water partition coefficient (Wildman–Crippen LogP) is 2.34. The quantitative estimate of drug-likeness (QED) is 0.857. The summed E-state index contributed by atoms with van der Waals surface area (Å²) >= 11 is 0. The van der Waals surface area contributed by atoms with Gasteiger partial charge in [0.1, 0.15) is 11.5 Å². The molecular weight excluding hydrogens is 354 g/mol. The van der Waals surface area contributed by atoms with Gasteiger partial charge in [-0.1, -0.05) is 12.1 Å². The Morgan fingerprint density at radius 2 is 2.07 bits per heavy atom. The Balaban J connectivity index is 1.29. The number of piperazine rings is 1. The molecule has 2 fully saturated rings. The van der Waals surface area contributed by atoms with Crippen LogP contribution in [0.25, 0.3) is 0 Å². The molecule has 1 N–H and O–H groups in total. The summed E-state index contributed by atoms with van der Waals surface area (Å²) in [5, 5.41) is 3.23. The van der Waals surface area contributed by atoms with Gasteiger partial charge in [-0.2, -0.15) is 0 Å². The zero-order valence-electron chi connectivity index (χ0n) is 16.3. The average Bonchev–Trinajstić information content (AvgIpc) is 3.26. The highest BCUT2D eigenvalue weighted by molar-refractivity contribution is 5.92. The number of carbonyl (C=O) groups excluding carboxylic acids is 1. The van der Waals surface area contributed by atoms with Crippen molar-refractivity contribution < 1.29 is 9.53 Å². The van der Waals surface area contributed by atoms with E-state index in [1.165, 1.54) is 11.3 Å². The maximum absolute atomic E-state index is 12.7. The molecular formula is C21H27N5O2. The third-order valence-corrected chi connectivity index (χ3v) is 5.34. The largest absolute Gasteiger partial charge is 0.376 e. The van der Waals surface area contributed by atoms with Crippen molar-refractivity contribution in [3.63, 3.8) is 0 Å². The van der Waals surface area contributed by atoms with Crippen molar-refractivity contribution in [1.82, 2.24) is 14.9 Å². The Labute approximate surface area is 165 Å². The van der Waals surface area contributed by atoms with Crippen LogP contribution in [0.15, 0.2) is 36.7 Å². The molecule has 7 heteroatoms. The minimum absolute atomic E-state index is 0.0536. The van der Waals surface area contributed by atoms with Crippen LogP contribution in [0, 0.1) is 6.92 Å². The monoisotopic (exact) mass is 381 g/mol. The number of nitrogens with one attached hydrogen (secondary N) is 1. The molecule has 1 amide bonds. The van der Waals surface area contributed by atoms with Crippen molar-refractivity contribution in [1.29, 1.82) is 0 Å². The lowest BCUT2D eigenvalue weighted by Gasteiger charge is -2.36. The fourth-order valence-electron chi connectivity index (χ4n) is 3.71. The zero-order chi connectivity index (χ0) is 19.3. The summed E-state index contributed by atoms with van der Waals surface area (Å²) in [6.07, 6.45) is 5.62. The van der Waals surface area contributed by atoms with Gasteiger partial charge in [0.25, 0.3) is 5.91 Å². The maximum atomic E-state index is 12.7. The molecule has 0 aliphatic carbocycles. The smallest absolute Gasteiger partial charge is 0.274 e. The van der Waals surface area contributed by atoms with Crippen LogP contribution >= 0.6 is 0 Å². The average molecular weight is 381 g/mol. The lowest BCUT2D eigenvalue weighted by molar-refractivity contribution is 0.0740. The van der Waals surface area contributed by atoms with Gasteiger partial charge in [-0.05, 0) is 37.5 Å². The Kier molecular flexibility index (Phi) is 5.71. The lowest BCUT2D eigenvalue weighted by atomic mass is 10.2. The highest BCUT2D eigenvalue weighted by atomic mass is 16.5. The summed E-state index contributed by atoms with van der Waals surface area (Å²) in [6.45, 7) is 6.68. The molecule has 148 valence electrons. The van der Waals surface area contributed by atoms with Gasteiger partial charge in [-0.15, -0.1) is 0 Å². The van der Waals surface area contributed by atoms with E-state index in [2.05, 4.69) is 51.4 Å². The van der Waals surface area contributed by atoms with Crippen molar-refractivity contribution in [2.75, 3.05) is 49.5 Å². The third kappa shape index (κ3) is 4.42. The Morgan fingerprint density at radius 1 is 1.21 bits per heavy atom. The van der Waals surface area contributed by atoms with E-state index >= 15 is 0 Å². The number of aromatic nitrogens is 2. The fraction of sp³-hybridized carbons (Fsp3) is 0.476. The van der Waals surface area contributed by atoms with E-state index in [1.807, 2.05) is 4.90 Å². The van der Waals surface area contributed by atoms with Crippen LogP contribution in [0.3, 0.4) is 0 Å². The summed E-state index contributed by atoms with van der Waals surface area (Å²) in [5.74, 6) is 0.624. The summed E-state index contributed by atoms with van der Waals surface area (Å²) in [7, 11) is 0. The van der Waals surface area contributed by atoms with Crippen LogP contribution in [0.1, 0.15) is 28.9 Å². The standard InChI is InChI=1S/C21H27N5O2/c1-16-4-2-5-17(12-16)25-7-9-26(10-8-25)21(27)19-14-24-20(15-22-19)23-13-18-6-3-11-28-18/h2,4-5,12,14-15,18H,3,6-11,13H2,1H3,(H,23,24). The molecule has 28 heavy (non-hydrogen) atoms. The molecule has 1 aromatic heterocycles. The molecule has 1 atom stereocenters. The van der Waals surface area contributed by atoms with E-state index in [-0.39, 0.29) is 12.0 Å². The van der Waals surface area contributed by atoms with Gasteiger partial charge in [0.2, 0.25) is 0 Å². The molecule has 2 aliphatic heterocycles. The lowest BCUT2D eigenvalue weighted by Crippen LogP contribution is -2.49. The number of carbonyl (C=O) groups is 1. The van der Waals surface area contributed by atoms with Crippen molar-refractivity contribution in [2.45, 2.75) is 25.9 Å². The van der Waals surface area contributed by atoms with Crippen molar-refractivity contribution >= 4 is 17.4 Å². The molecule has 0 saturated carbocycles. The molecule has 0 bridgehead atoms. The molecule has 2 saturated heterocycles. The summed E-state index contributed by atoms with van der Waals surface area (Å²) in [6, 6.07) is 8.48. The van der Waals surface area contributed by atoms with Gasteiger partial charge in [0.15, 0.2) is 0 Å². The number of benzene rings is 1. The first-order chi connectivity index (χ1) is 13.7. The molecule has 4 rings (SSSR count). The molecule has 7 nitrogen and oxygen atoms in total. The Morgan fingerprint density at radius 3 is 2.75 bits per heavy atom. The summed E-state index contributed by atoms with van der Waals surface area (Å²) < 4.78 is 5.59. The van der Waals surface area contributed by atoms with Gasteiger partial charge >= 0.3 is 0 Å². The minimum Gasteiger partial charge on any atom is -0.376 e.